The summed E-state index contributed by atoms with van der Waals surface area (Å²) in [4.78, 5) is 17.3. The van der Waals surface area contributed by atoms with Crippen LogP contribution in [0.1, 0.15) is 21.7 Å². The van der Waals surface area contributed by atoms with Gasteiger partial charge in [-0.3, -0.25) is 4.79 Å². The lowest BCUT2D eigenvalue weighted by Crippen LogP contribution is -2.14. The van der Waals surface area contributed by atoms with Crippen LogP contribution >= 0.6 is 15.9 Å². The first-order valence-corrected chi connectivity index (χ1v) is 9.97. The minimum absolute atomic E-state index is 0.115. The Kier molecular flexibility index (Phi) is 5.27. The van der Waals surface area contributed by atoms with Crippen molar-refractivity contribution in [3.05, 3.63) is 94.2 Å². The van der Waals surface area contributed by atoms with Gasteiger partial charge in [0.2, 0.25) is 5.82 Å². The van der Waals surface area contributed by atoms with Gasteiger partial charge in [0, 0.05) is 15.7 Å². The Morgan fingerprint density at radius 1 is 0.862 bits per heavy atom. The van der Waals surface area contributed by atoms with E-state index in [1.54, 1.807) is 4.68 Å². The van der Waals surface area contributed by atoms with Crippen LogP contribution in [0, 0.1) is 13.8 Å². The molecule has 144 valence electrons. The van der Waals surface area contributed by atoms with E-state index in [0.29, 0.717) is 11.5 Å². The van der Waals surface area contributed by atoms with Crippen LogP contribution in [0.15, 0.2) is 77.3 Å². The zero-order valence-electron chi connectivity index (χ0n) is 16.1. The van der Waals surface area contributed by atoms with Crippen LogP contribution in [0.3, 0.4) is 0 Å². The number of halogens is 1. The Bertz CT molecular complexity index is 1080. The molecule has 0 radical (unpaired) electrons. The molecule has 29 heavy (non-hydrogen) atoms. The van der Waals surface area contributed by atoms with E-state index in [1.165, 1.54) is 0 Å². The second kappa shape index (κ2) is 8.01. The first kappa shape index (κ1) is 19.1. The second-order valence-electron chi connectivity index (χ2n) is 6.83. The summed E-state index contributed by atoms with van der Waals surface area (Å²) >= 11 is 3.45. The molecule has 0 unspecified atom stereocenters. The molecule has 1 aromatic heterocycles. The van der Waals surface area contributed by atoms with Gasteiger partial charge < -0.3 is 5.32 Å². The molecular weight excluding hydrogens is 428 g/mol. The van der Waals surface area contributed by atoms with Crippen molar-refractivity contribution in [2.75, 3.05) is 5.32 Å². The van der Waals surface area contributed by atoms with E-state index in [1.807, 2.05) is 86.6 Å². The number of hydrogen-bond donors (Lipinski definition) is 1. The number of rotatable bonds is 4. The summed E-state index contributed by atoms with van der Waals surface area (Å²) in [7, 11) is 0. The van der Waals surface area contributed by atoms with Gasteiger partial charge in [-0.15, -0.1) is 5.10 Å². The van der Waals surface area contributed by atoms with Crippen LogP contribution in [0.2, 0.25) is 0 Å². The molecular formula is C23H19BrN4O. The van der Waals surface area contributed by atoms with Gasteiger partial charge in [0.05, 0.1) is 5.69 Å². The number of amides is 1. The Morgan fingerprint density at radius 2 is 1.45 bits per heavy atom. The SMILES string of the molecule is Cc1ccc(NC(=O)c2nc(-c3ccc(C)cc3)n(-c3ccc(Br)cc3)n2)cc1. The highest BCUT2D eigenvalue weighted by Crippen LogP contribution is 2.23. The van der Waals surface area contributed by atoms with Gasteiger partial charge in [0.25, 0.3) is 5.91 Å². The van der Waals surface area contributed by atoms with Gasteiger partial charge in [-0.2, -0.15) is 0 Å². The highest BCUT2D eigenvalue weighted by molar-refractivity contribution is 9.10. The van der Waals surface area contributed by atoms with Gasteiger partial charge in [-0.05, 0) is 50.2 Å². The van der Waals surface area contributed by atoms with Gasteiger partial charge in [0.15, 0.2) is 5.82 Å². The number of nitrogens with zero attached hydrogens (tertiary/aromatic N) is 3. The second-order valence-corrected chi connectivity index (χ2v) is 7.75. The summed E-state index contributed by atoms with van der Waals surface area (Å²) in [6, 6.07) is 23.3. The van der Waals surface area contributed by atoms with Crippen molar-refractivity contribution in [3.63, 3.8) is 0 Å². The molecule has 6 heteroatoms. The molecule has 5 nitrogen and oxygen atoms in total. The summed E-state index contributed by atoms with van der Waals surface area (Å²) in [5.74, 6) is 0.378. The summed E-state index contributed by atoms with van der Waals surface area (Å²) in [6.07, 6.45) is 0. The fourth-order valence-corrected chi connectivity index (χ4v) is 3.15. The average Bonchev–Trinajstić information content (AvgIpc) is 3.16. The van der Waals surface area contributed by atoms with E-state index in [0.717, 1.165) is 26.9 Å². The number of nitrogens with one attached hydrogen (secondary N) is 1. The summed E-state index contributed by atoms with van der Waals surface area (Å²) in [6.45, 7) is 4.03. The maximum atomic E-state index is 12.8. The number of aryl methyl sites for hydroxylation is 2. The van der Waals surface area contributed by atoms with Gasteiger partial charge in [-0.25, -0.2) is 9.67 Å². The third-order valence-electron chi connectivity index (χ3n) is 4.50. The van der Waals surface area contributed by atoms with E-state index in [9.17, 15) is 4.79 Å². The Balaban J connectivity index is 1.74. The molecule has 1 heterocycles. The van der Waals surface area contributed by atoms with Crippen molar-refractivity contribution >= 4 is 27.5 Å². The lowest BCUT2D eigenvalue weighted by atomic mass is 10.1. The molecule has 4 aromatic rings. The maximum Gasteiger partial charge on any atom is 0.295 e. The third kappa shape index (κ3) is 4.27. The summed E-state index contributed by atoms with van der Waals surface area (Å²) < 4.78 is 2.66. The molecule has 1 N–H and O–H groups in total. The van der Waals surface area contributed by atoms with Crippen molar-refractivity contribution in [1.82, 2.24) is 14.8 Å². The van der Waals surface area contributed by atoms with Crippen LogP contribution in [-0.4, -0.2) is 20.7 Å². The van der Waals surface area contributed by atoms with Gasteiger partial charge in [0.1, 0.15) is 0 Å². The molecule has 4 rings (SSSR count). The molecule has 1 amide bonds. The molecule has 0 bridgehead atoms. The molecule has 0 aliphatic carbocycles. The molecule has 0 spiro atoms. The topological polar surface area (TPSA) is 59.8 Å². The Morgan fingerprint density at radius 3 is 2.07 bits per heavy atom. The van der Waals surface area contributed by atoms with Crippen molar-refractivity contribution in [2.24, 2.45) is 0 Å². The van der Waals surface area contributed by atoms with Crippen LogP contribution in [0.4, 0.5) is 5.69 Å². The highest BCUT2D eigenvalue weighted by Gasteiger charge is 2.19. The van der Waals surface area contributed by atoms with Crippen molar-refractivity contribution in [2.45, 2.75) is 13.8 Å². The fourth-order valence-electron chi connectivity index (χ4n) is 2.88. The fraction of sp³-hybridized carbons (Fsp3) is 0.0870. The van der Waals surface area contributed by atoms with E-state index in [-0.39, 0.29) is 11.7 Å². The zero-order valence-corrected chi connectivity index (χ0v) is 17.6. The smallest absolute Gasteiger partial charge is 0.295 e. The van der Waals surface area contributed by atoms with Crippen LogP contribution in [0.5, 0.6) is 0 Å². The number of hydrogen-bond acceptors (Lipinski definition) is 3. The monoisotopic (exact) mass is 446 g/mol. The van der Waals surface area contributed by atoms with E-state index >= 15 is 0 Å². The first-order valence-electron chi connectivity index (χ1n) is 9.18. The van der Waals surface area contributed by atoms with Crippen molar-refractivity contribution < 1.29 is 4.79 Å². The molecule has 0 aliphatic heterocycles. The normalized spacial score (nSPS) is 10.7. The zero-order chi connectivity index (χ0) is 20.4. The molecule has 0 fully saturated rings. The lowest BCUT2D eigenvalue weighted by molar-refractivity contribution is 0.101. The number of carbonyl (C=O) groups is 1. The summed E-state index contributed by atoms with van der Waals surface area (Å²) in [5, 5.41) is 7.36. The minimum Gasteiger partial charge on any atom is -0.319 e. The van der Waals surface area contributed by atoms with E-state index in [4.69, 9.17) is 0 Å². The van der Waals surface area contributed by atoms with Crippen LogP contribution in [0.25, 0.3) is 17.1 Å². The average molecular weight is 447 g/mol. The Labute approximate surface area is 177 Å². The standard InChI is InChI=1S/C23H19BrN4O/c1-15-3-7-17(8-4-15)22-26-21(23(29)25-19-11-5-16(2)6-12-19)27-28(22)20-13-9-18(24)10-14-20/h3-14H,1-2H3,(H,25,29). The summed E-state index contributed by atoms with van der Waals surface area (Å²) in [5.41, 5.74) is 4.70. The predicted octanol–water partition coefficient (Wildman–Crippen LogP) is 5.57. The number of benzene rings is 3. The number of anilines is 1. The van der Waals surface area contributed by atoms with Crippen molar-refractivity contribution in [1.29, 1.82) is 0 Å². The highest BCUT2D eigenvalue weighted by atomic mass is 79.9. The third-order valence-corrected chi connectivity index (χ3v) is 5.03. The predicted molar refractivity (Wildman–Crippen MR) is 118 cm³/mol. The van der Waals surface area contributed by atoms with Crippen molar-refractivity contribution in [3.8, 4) is 17.1 Å². The van der Waals surface area contributed by atoms with Gasteiger partial charge >= 0.3 is 0 Å². The maximum absolute atomic E-state index is 12.8. The largest absolute Gasteiger partial charge is 0.319 e. The van der Waals surface area contributed by atoms with Crippen LogP contribution < -0.4 is 5.32 Å². The molecule has 0 saturated carbocycles. The Hall–Kier alpha value is -3.25. The van der Waals surface area contributed by atoms with Gasteiger partial charge in [-0.1, -0.05) is 63.5 Å². The van der Waals surface area contributed by atoms with E-state index < -0.39 is 0 Å². The quantitative estimate of drug-likeness (QED) is 0.445. The molecule has 3 aromatic carbocycles. The minimum atomic E-state index is -0.349. The molecule has 0 saturated heterocycles. The molecule has 0 aliphatic rings. The molecule has 0 atom stereocenters. The van der Waals surface area contributed by atoms with E-state index in [2.05, 4.69) is 31.3 Å². The number of carbonyl (C=O) groups excluding carboxylic acids is 1. The van der Waals surface area contributed by atoms with Crippen LogP contribution in [-0.2, 0) is 0 Å². The first-order chi connectivity index (χ1) is 14.0. The lowest BCUT2D eigenvalue weighted by Gasteiger charge is -2.06. The number of aromatic nitrogens is 3.